The van der Waals surface area contributed by atoms with Crippen LogP contribution in [0, 0.1) is 0 Å². The number of rotatable bonds is 10. The van der Waals surface area contributed by atoms with E-state index in [-0.39, 0.29) is 11.7 Å². The molecule has 0 aromatic heterocycles. The highest BCUT2D eigenvalue weighted by atomic mass is 32.2. The van der Waals surface area contributed by atoms with Crippen molar-refractivity contribution in [2.75, 3.05) is 39.4 Å². The van der Waals surface area contributed by atoms with Crippen LogP contribution in [0.15, 0.2) is 65.0 Å². The quantitative estimate of drug-likeness (QED) is 0.320. The van der Waals surface area contributed by atoms with E-state index in [2.05, 4.69) is 12.2 Å². The number of allylic oxidation sites excluding steroid dienone is 3. The summed E-state index contributed by atoms with van der Waals surface area (Å²) in [5, 5.41) is 3.40. The van der Waals surface area contributed by atoms with Crippen molar-refractivity contribution in [1.82, 2.24) is 5.32 Å². The van der Waals surface area contributed by atoms with Crippen LogP contribution in [0.2, 0.25) is 0 Å². The molecule has 1 heterocycles. The maximum atomic E-state index is 13.9. The highest BCUT2D eigenvalue weighted by molar-refractivity contribution is 7.99. The normalized spacial score (nSPS) is 19.0. The Hall–Kier alpha value is -3.39. The summed E-state index contributed by atoms with van der Waals surface area (Å²) in [5.41, 5.74) is 4.15. The van der Waals surface area contributed by atoms with Crippen molar-refractivity contribution in [2.24, 2.45) is 0 Å². The minimum atomic E-state index is -0.645. The van der Waals surface area contributed by atoms with Crippen molar-refractivity contribution in [3.8, 4) is 17.2 Å². The van der Waals surface area contributed by atoms with Crippen LogP contribution < -0.4 is 19.5 Å². The Morgan fingerprint density at radius 3 is 2.39 bits per heavy atom. The van der Waals surface area contributed by atoms with Gasteiger partial charge >= 0.3 is 5.97 Å². The molecule has 1 aliphatic carbocycles. The van der Waals surface area contributed by atoms with Crippen LogP contribution in [-0.2, 0) is 14.3 Å². The number of benzene rings is 2. The second kappa shape index (κ2) is 12.4. The highest BCUT2D eigenvalue weighted by Gasteiger charge is 2.43. The molecule has 0 saturated heterocycles. The van der Waals surface area contributed by atoms with Crippen molar-refractivity contribution >= 4 is 23.5 Å². The summed E-state index contributed by atoms with van der Waals surface area (Å²) in [5.74, 6) is 2.29. The van der Waals surface area contributed by atoms with E-state index in [0.29, 0.717) is 59.1 Å². The predicted octanol–water partition coefficient (Wildman–Crippen LogP) is 5.37. The van der Waals surface area contributed by atoms with Gasteiger partial charge in [0.1, 0.15) is 12.4 Å². The SMILES string of the molecule is CCSCCOC(=O)C1=C(C)NC2=C(C(=O)CC(c3ccccc3OC)C2)C1c1cccc(OC)c1OC. The van der Waals surface area contributed by atoms with Crippen molar-refractivity contribution in [2.45, 2.75) is 38.5 Å². The topological polar surface area (TPSA) is 83.1 Å². The van der Waals surface area contributed by atoms with Crippen molar-refractivity contribution < 1.29 is 28.5 Å². The first-order valence-electron chi connectivity index (χ1n) is 12.8. The van der Waals surface area contributed by atoms with Gasteiger partial charge in [0.15, 0.2) is 17.3 Å². The summed E-state index contributed by atoms with van der Waals surface area (Å²) in [6, 6.07) is 13.3. The van der Waals surface area contributed by atoms with Gasteiger partial charge in [0.2, 0.25) is 0 Å². The van der Waals surface area contributed by atoms with Gasteiger partial charge in [0, 0.05) is 40.6 Å². The highest BCUT2D eigenvalue weighted by Crippen LogP contribution is 2.50. The van der Waals surface area contributed by atoms with Crippen molar-refractivity contribution in [1.29, 1.82) is 0 Å². The van der Waals surface area contributed by atoms with Crippen LogP contribution in [0.4, 0.5) is 0 Å². The number of carbonyl (C=O) groups is 2. The first kappa shape index (κ1) is 27.6. The zero-order chi connectivity index (χ0) is 27.2. The maximum absolute atomic E-state index is 13.9. The lowest BCUT2D eigenvalue weighted by Crippen LogP contribution is -2.36. The lowest BCUT2D eigenvalue weighted by molar-refractivity contribution is -0.138. The molecule has 0 radical (unpaired) electrons. The molecule has 202 valence electrons. The summed E-state index contributed by atoms with van der Waals surface area (Å²) in [7, 11) is 4.77. The fourth-order valence-electron chi connectivity index (χ4n) is 5.40. The van der Waals surface area contributed by atoms with E-state index in [0.717, 1.165) is 22.8 Å². The maximum Gasteiger partial charge on any atom is 0.336 e. The molecule has 2 atom stereocenters. The Morgan fingerprint density at radius 1 is 0.974 bits per heavy atom. The molecule has 1 aliphatic heterocycles. The van der Waals surface area contributed by atoms with Gasteiger partial charge in [-0.1, -0.05) is 37.3 Å². The average Bonchev–Trinajstić information content (AvgIpc) is 2.93. The van der Waals surface area contributed by atoms with Crippen molar-refractivity contribution in [3.63, 3.8) is 0 Å². The van der Waals surface area contributed by atoms with Crippen LogP contribution in [0.5, 0.6) is 17.2 Å². The number of ketones is 1. The molecule has 0 amide bonds. The number of hydrogen-bond donors (Lipinski definition) is 1. The fraction of sp³-hybridized carbons (Fsp3) is 0.400. The zero-order valence-corrected chi connectivity index (χ0v) is 23.4. The molecular weight excluding hydrogens is 502 g/mol. The number of Topliss-reactive ketones (excluding diaryl/α,β-unsaturated/α-hetero) is 1. The number of para-hydroxylation sites is 2. The number of methoxy groups -OCH3 is 3. The first-order valence-corrected chi connectivity index (χ1v) is 13.9. The summed E-state index contributed by atoms with van der Waals surface area (Å²) in [6.45, 7) is 4.22. The smallest absolute Gasteiger partial charge is 0.336 e. The van der Waals surface area contributed by atoms with Gasteiger partial charge in [0.25, 0.3) is 0 Å². The molecule has 0 bridgehead atoms. The third kappa shape index (κ3) is 5.41. The standard InChI is InChI=1S/C30H35NO6S/c1-6-38-15-14-37-30(33)26-18(2)31-22-16-19(20-10-7-8-12-24(20)34-3)17-23(32)28(22)27(26)21-11-9-13-25(35-4)29(21)36-5/h7-13,19,27,31H,6,14-17H2,1-5H3. The minimum absolute atomic E-state index is 0.0242. The lowest BCUT2D eigenvalue weighted by Gasteiger charge is -2.37. The van der Waals surface area contributed by atoms with E-state index in [4.69, 9.17) is 18.9 Å². The third-order valence-corrected chi connectivity index (χ3v) is 7.90. The van der Waals surface area contributed by atoms with Crippen LogP contribution in [0.25, 0.3) is 0 Å². The van der Waals surface area contributed by atoms with Gasteiger partial charge in [-0.15, -0.1) is 0 Å². The molecule has 38 heavy (non-hydrogen) atoms. The van der Waals surface area contributed by atoms with Crippen LogP contribution in [0.3, 0.4) is 0 Å². The van der Waals surface area contributed by atoms with E-state index in [9.17, 15) is 9.59 Å². The molecule has 1 N–H and O–H groups in total. The fourth-order valence-corrected chi connectivity index (χ4v) is 5.89. The number of esters is 1. The largest absolute Gasteiger partial charge is 0.496 e. The molecule has 2 aromatic carbocycles. The molecule has 0 fully saturated rings. The molecule has 2 aliphatic rings. The molecule has 8 heteroatoms. The Balaban J connectivity index is 1.81. The minimum Gasteiger partial charge on any atom is -0.496 e. The Kier molecular flexibility index (Phi) is 9.05. The second-order valence-corrected chi connectivity index (χ2v) is 10.6. The van der Waals surface area contributed by atoms with Gasteiger partial charge in [-0.2, -0.15) is 11.8 Å². The second-order valence-electron chi connectivity index (χ2n) is 9.17. The molecule has 2 aromatic rings. The summed E-state index contributed by atoms with van der Waals surface area (Å²) in [4.78, 5) is 27.4. The molecular formula is C30H35NO6S. The summed E-state index contributed by atoms with van der Waals surface area (Å²) < 4.78 is 22.6. The van der Waals surface area contributed by atoms with Crippen LogP contribution in [0.1, 0.15) is 49.7 Å². The van der Waals surface area contributed by atoms with Crippen molar-refractivity contribution in [3.05, 3.63) is 76.1 Å². The Morgan fingerprint density at radius 2 is 1.68 bits per heavy atom. The molecule has 7 nitrogen and oxygen atoms in total. The van der Waals surface area contributed by atoms with Gasteiger partial charge in [-0.25, -0.2) is 4.79 Å². The van der Waals surface area contributed by atoms with Crippen LogP contribution in [-0.4, -0.2) is 51.2 Å². The zero-order valence-electron chi connectivity index (χ0n) is 22.6. The number of dihydropyridines is 1. The predicted molar refractivity (Wildman–Crippen MR) is 149 cm³/mol. The van der Waals surface area contributed by atoms with E-state index < -0.39 is 11.9 Å². The van der Waals surface area contributed by atoms with Gasteiger partial charge in [-0.3, -0.25) is 4.79 Å². The van der Waals surface area contributed by atoms with Crippen LogP contribution >= 0.6 is 11.8 Å². The third-order valence-electron chi connectivity index (χ3n) is 7.04. The van der Waals surface area contributed by atoms with Gasteiger partial charge in [0.05, 0.1) is 32.8 Å². The number of ether oxygens (including phenoxy) is 4. The molecule has 0 saturated carbocycles. The Bertz CT molecular complexity index is 1270. The number of nitrogens with one attached hydrogen (secondary N) is 1. The monoisotopic (exact) mass is 537 g/mol. The van der Waals surface area contributed by atoms with E-state index >= 15 is 0 Å². The summed E-state index contributed by atoms with van der Waals surface area (Å²) in [6.07, 6.45) is 0.912. The molecule has 0 spiro atoms. The number of thioether (sulfide) groups is 1. The molecule has 2 unspecified atom stereocenters. The molecule has 4 rings (SSSR count). The van der Waals surface area contributed by atoms with E-state index in [1.165, 1.54) is 0 Å². The average molecular weight is 538 g/mol. The Labute approximate surface area is 228 Å². The lowest BCUT2D eigenvalue weighted by atomic mass is 9.71. The summed E-state index contributed by atoms with van der Waals surface area (Å²) >= 11 is 1.71. The van der Waals surface area contributed by atoms with Gasteiger partial charge < -0.3 is 24.3 Å². The number of hydrogen-bond acceptors (Lipinski definition) is 8. The van der Waals surface area contributed by atoms with Gasteiger partial charge in [-0.05, 0) is 36.8 Å². The number of carbonyl (C=O) groups excluding carboxylic acids is 2. The first-order chi connectivity index (χ1) is 18.4. The van der Waals surface area contributed by atoms with E-state index in [1.54, 1.807) is 39.2 Å². The van der Waals surface area contributed by atoms with E-state index in [1.807, 2.05) is 43.3 Å².